The summed E-state index contributed by atoms with van der Waals surface area (Å²) < 4.78 is 26.9. The molecule has 2 amide bonds. The molecule has 4 N–H and O–H groups in total. The van der Waals surface area contributed by atoms with Crippen molar-refractivity contribution >= 4 is 28.1 Å². The Morgan fingerprint density at radius 2 is 2.00 bits per heavy atom. The van der Waals surface area contributed by atoms with Crippen molar-refractivity contribution in [1.82, 2.24) is 15.3 Å². The van der Waals surface area contributed by atoms with Gasteiger partial charge < -0.3 is 20.3 Å². The van der Waals surface area contributed by atoms with E-state index in [0.717, 1.165) is 23.4 Å². The second-order valence-corrected chi connectivity index (χ2v) is 10.6. The van der Waals surface area contributed by atoms with Gasteiger partial charge in [0.05, 0.1) is 36.0 Å². The van der Waals surface area contributed by atoms with Gasteiger partial charge in [-0.3, -0.25) is 9.11 Å². The molecular formula is C22H31N5O4S. The third-order valence-electron chi connectivity index (χ3n) is 6.04. The molecule has 3 heterocycles. The van der Waals surface area contributed by atoms with Crippen molar-refractivity contribution in [3.63, 3.8) is 0 Å². The number of carbonyl (C=O) groups excluding carboxylic acids is 1. The van der Waals surface area contributed by atoms with Gasteiger partial charge in [-0.25, -0.2) is 14.8 Å². The van der Waals surface area contributed by atoms with Crippen LogP contribution in [0.5, 0.6) is 0 Å². The molecule has 2 unspecified atom stereocenters. The normalized spacial score (nSPS) is 22.8. The summed E-state index contributed by atoms with van der Waals surface area (Å²) in [6.07, 6.45) is 0.902. The Balaban J connectivity index is 1.72. The summed E-state index contributed by atoms with van der Waals surface area (Å²) in [6.45, 7) is 8.29. The highest BCUT2D eigenvalue weighted by molar-refractivity contribution is 8.24. The summed E-state index contributed by atoms with van der Waals surface area (Å²) in [5.74, 6) is 1.45. The predicted molar refractivity (Wildman–Crippen MR) is 127 cm³/mol. The molecule has 0 aliphatic carbocycles. The van der Waals surface area contributed by atoms with Crippen LogP contribution in [0.2, 0.25) is 0 Å². The number of hydrogen-bond acceptors (Lipinski definition) is 7. The lowest BCUT2D eigenvalue weighted by atomic mass is 10.1. The van der Waals surface area contributed by atoms with Gasteiger partial charge >= 0.3 is 6.03 Å². The maximum absolute atomic E-state index is 11.8. The molecule has 2 aliphatic heterocycles. The molecular weight excluding hydrogens is 430 g/mol. The number of amides is 2. The fourth-order valence-electron chi connectivity index (χ4n) is 4.20. The number of morpholine rings is 1. The lowest BCUT2D eigenvalue weighted by molar-refractivity contribution is 0.0924. The first-order valence-corrected chi connectivity index (χ1v) is 12.8. The van der Waals surface area contributed by atoms with E-state index in [1.807, 2.05) is 26.0 Å². The van der Waals surface area contributed by atoms with Gasteiger partial charge in [-0.15, -0.1) is 0 Å². The molecule has 2 aliphatic rings. The molecule has 2 atom stereocenters. The monoisotopic (exact) mass is 461 g/mol. The van der Waals surface area contributed by atoms with Crippen LogP contribution in [-0.2, 0) is 10.5 Å². The van der Waals surface area contributed by atoms with Gasteiger partial charge in [0.25, 0.3) is 0 Å². The molecule has 0 radical (unpaired) electrons. The number of urea groups is 1. The van der Waals surface area contributed by atoms with Gasteiger partial charge in [0.15, 0.2) is 5.82 Å². The lowest BCUT2D eigenvalue weighted by Crippen LogP contribution is -2.46. The first-order valence-electron chi connectivity index (χ1n) is 11.0. The number of benzene rings is 1. The van der Waals surface area contributed by atoms with Crippen molar-refractivity contribution in [2.75, 3.05) is 36.5 Å². The topological polar surface area (TPSA) is 120 Å². The van der Waals surface area contributed by atoms with Gasteiger partial charge in [-0.2, -0.15) is 10.6 Å². The van der Waals surface area contributed by atoms with Gasteiger partial charge in [0, 0.05) is 29.9 Å². The molecule has 1 aromatic heterocycles. The van der Waals surface area contributed by atoms with Crippen molar-refractivity contribution in [2.45, 2.75) is 44.2 Å². The Kier molecular flexibility index (Phi) is 6.57. The number of fused-ring (bicyclic) bond motifs is 1. The van der Waals surface area contributed by atoms with E-state index >= 15 is 0 Å². The van der Waals surface area contributed by atoms with Crippen LogP contribution in [0.1, 0.15) is 43.7 Å². The molecule has 1 fully saturated rings. The maximum Gasteiger partial charge on any atom is 0.319 e. The van der Waals surface area contributed by atoms with Crippen molar-refractivity contribution < 1.29 is 18.6 Å². The number of nitrogens with one attached hydrogen (secondary N) is 2. The summed E-state index contributed by atoms with van der Waals surface area (Å²) in [6, 6.07) is 7.25. The van der Waals surface area contributed by atoms with Crippen molar-refractivity contribution in [2.24, 2.45) is 0 Å². The summed E-state index contributed by atoms with van der Waals surface area (Å²) in [5.41, 5.74) is 3.00. The minimum atomic E-state index is -2.81. The van der Waals surface area contributed by atoms with Crippen LogP contribution < -0.4 is 15.5 Å². The summed E-state index contributed by atoms with van der Waals surface area (Å²) in [4.78, 5) is 23.6. The van der Waals surface area contributed by atoms with E-state index < -0.39 is 15.8 Å². The van der Waals surface area contributed by atoms with Crippen molar-refractivity contribution in [3.8, 4) is 11.4 Å². The molecule has 10 heteroatoms. The highest BCUT2D eigenvalue weighted by Crippen LogP contribution is 2.63. The standard InChI is InChI=1S/C22H31N5O4S/c1-4-17-12-31-11-10-27(17)21-19-14(3)32(29,30)13-18(19)25-20(26-21)15-6-8-16(9-7-15)24-22(28)23-5-2/h6-9,14,17,29-30H,4-5,10-13H2,1-3H3,(H2,23,24,28). The molecule has 2 aromatic rings. The average Bonchev–Trinajstić information content (AvgIpc) is 3.02. The number of anilines is 2. The van der Waals surface area contributed by atoms with E-state index in [9.17, 15) is 13.9 Å². The van der Waals surface area contributed by atoms with Gasteiger partial charge in [-0.1, -0.05) is 6.92 Å². The third kappa shape index (κ3) is 4.40. The average molecular weight is 462 g/mol. The number of aromatic nitrogens is 2. The molecule has 1 saturated heterocycles. The van der Waals surface area contributed by atoms with Crippen LogP contribution in [0.3, 0.4) is 0 Å². The summed E-state index contributed by atoms with van der Waals surface area (Å²) in [5, 5.41) is 5.07. The molecule has 174 valence electrons. The van der Waals surface area contributed by atoms with E-state index in [1.165, 1.54) is 0 Å². The highest BCUT2D eigenvalue weighted by Gasteiger charge is 2.40. The molecule has 0 saturated carbocycles. The van der Waals surface area contributed by atoms with Crippen LogP contribution in [0.15, 0.2) is 24.3 Å². The first-order chi connectivity index (χ1) is 15.3. The number of carbonyl (C=O) groups is 1. The number of rotatable bonds is 5. The Bertz CT molecular complexity index is 985. The lowest BCUT2D eigenvalue weighted by Gasteiger charge is -2.38. The van der Waals surface area contributed by atoms with E-state index in [-0.39, 0.29) is 17.8 Å². The van der Waals surface area contributed by atoms with Gasteiger partial charge in [-0.05, 0) is 44.5 Å². The SMILES string of the molecule is CCNC(=O)Nc1ccc(-c2nc3c(c(N4CCOCC4CC)n2)C(C)S(O)(O)C3)cc1. The minimum Gasteiger partial charge on any atom is -0.377 e. The Labute approximate surface area is 189 Å². The summed E-state index contributed by atoms with van der Waals surface area (Å²) >= 11 is 0. The van der Waals surface area contributed by atoms with E-state index in [4.69, 9.17) is 14.7 Å². The fraction of sp³-hybridized carbons (Fsp3) is 0.500. The summed E-state index contributed by atoms with van der Waals surface area (Å²) in [7, 11) is -2.81. The van der Waals surface area contributed by atoms with Crippen molar-refractivity contribution in [1.29, 1.82) is 0 Å². The minimum absolute atomic E-state index is 0.143. The maximum atomic E-state index is 11.8. The largest absolute Gasteiger partial charge is 0.377 e. The van der Waals surface area contributed by atoms with Crippen LogP contribution in [0, 0.1) is 0 Å². The molecule has 32 heavy (non-hydrogen) atoms. The fourth-order valence-corrected chi connectivity index (χ4v) is 5.69. The Morgan fingerprint density at radius 1 is 1.25 bits per heavy atom. The van der Waals surface area contributed by atoms with E-state index in [2.05, 4.69) is 22.5 Å². The highest BCUT2D eigenvalue weighted by atomic mass is 32.3. The second kappa shape index (κ2) is 9.22. The number of ether oxygens (including phenoxy) is 1. The Morgan fingerprint density at radius 3 is 2.69 bits per heavy atom. The van der Waals surface area contributed by atoms with Crippen LogP contribution in [-0.4, -0.2) is 57.4 Å². The number of nitrogens with zero attached hydrogens (tertiary/aromatic N) is 3. The zero-order chi connectivity index (χ0) is 22.9. The van der Waals surface area contributed by atoms with Crippen LogP contribution >= 0.6 is 10.6 Å². The van der Waals surface area contributed by atoms with Crippen LogP contribution in [0.4, 0.5) is 16.3 Å². The van der Waals surface area contributed by atoms with E-state index in [1.54, 1.807) is 12.1 Å². The number of hydrogen-bond donors (Lipinski definition) is 4. The second-order valence-electron chi connectivity index (χ2n) is 8.13. The van der Waals surface area contributed by atoms with E-state index in [0.29, 0.717) is 43.5 Å². The zero-order valence-corrected chi connectivity index (χ0v) is 19.5. The smallest absolute Gasteiger partial charge is 0.319 e. The molecule has 9 nitrogen and oxygen atoms in total. The zero-order valence-electron chi connectivity index (χ0n) is 18.7. The first kappa shape index (κ1) is 22.8. The molecule has 0 spiro atoms. The van der Waals surface area contributed by atoms with Crippen LogP contribution in [0.25, 0.3) is 11.4 Å². The quantitative estimate of drug-likeness (QED) is 0.526. The van der Waals surface area contributed by atoms with Gasteiger partial charge in [0.1, 0.15) is 5.82 Å². The van der Waals surface area contributed by atoms with Gasteiger partial charge in [0.2, 0.25) is 0 Å². The molecule has 4 rings (SSSR count). The predicted octanol–water partition coefficient (Wildman–Crippen LogP) is 4.23. The third-order valence-corrected chi connectivity index (χ3v) is 8.10. The molecule has 1 aromatic carbocycles. The van der Waals surface area contributed by atoms with Crippen molar-refractivity contribution in [3.05, 3.63) is 35.5 Å². The molecule has 0 bridgehead atoms. The Hall–Kier alpha value is -2.40.